The lowest BCUT2D eigenvalue weighted by Crippen LogP contribution is -2.49. The first-order chi connectivity index (χ1) is 11.7. The van der Waals surface area contributed by atoms with Gasteiger partial charge in [0.2, 0.25) is 0 Å². The van der Waals surface area contributed by atoms with Crippen molar-refractivity contribution >= 4 is 11.3 Å². The molecule has 0 unspecified atom stereocenters. The van der Waals surface area contributed by atoms with Crippen molar-refractivity contribution in [3.8, 4) is 0 Å². The van der Waals surface area contributed by atoms with Crippen LogP contribution in [-0.4, -0.2) is 55.8 Å². The molecule has 0 aromatic carbocycles. The van der Waals surface area contributed by atoms with Crippen molar-refractivity contribution < 1.29 is 0 Å². The highest BCUT2D eigenvalue weighted by Gasteiger charge is 2.44. The van der Waals surface area contributed by atoms with E-state index in [1.807, 2.05) is 18.5 Å². The molecule has 2 aliphatic heterocycles. The summed E-state index contributed by atoms with van der Waals surface area (Å²) in [5, 5.41) is 7.76. The fraction of sp³-hybridized carbons (Fsp3) is 0.667. The Balaban J connectivity index is 1.44. The number of hydrogen-bond donors (Lipinski definition) is 0. The van der Waals surface area contributed by atoms with E-state index in [9.17, 15) is 0 Å². The van der Waals surface area contributed by atoms with E-state index in [1.54, 1.807) is 11.3 Å². The molecule has 2 fully saturated rings. The molecule has 0 amide bonds. The second kappa shape index (κ2) is 6.94. The minimum atomic E-state index is 0.603. The number of piperidine rings is 1. The third-order valence-corrected chi connectivity index (χ3v) is 6.32. The monoisotopic (exact) mass is 345 g/mol. The molecular weight excluding hydrogens is 318 g/mol. The number of hydrogen-bond acceptors (Lipinski definition) is 5. The van der Waals surface area contributed by atoms with Crippen molar-refractivity contribution in [3.63, 3.8) is 0 Å². The second-order valence-corrected chi connectivity index (χ2v) is 8.41. The van der Waals surface area contributed by atoms with Gasteiger partial charge in [-0.2, -0.15) is 5.10 Å². The molecule has 3 atom stereocenters. The molecule has 0 bridgehead atoms. The van der Waals surface area contributed by atoms with Gasteiger partial charge in [0.05, 0.1) is 13.1 Å². The van der Waals surface area contributed by atoms with Gasteiger partial charge in [-0.05, 0) is 38.7 Å². The standard InChI is InChI=1S/C18H27N5S/c1-14(2)23-16(12-22-7-3-5-20-22)10-15-11-21(8-4-17(15)23)13-18-19-6-9-24-18/h3,5-7,9,14-17H,4,8,10-13H2,1-2H3/t15-,16+,17+/m0/s1. The highest BCUT2D eigenvalue weighted by molar-refractivity contribution is 7.09. The predicted octanol–water partition coefficient (Wildman–Crippen LogP) is 2.71. The third-order valence-electron chi connectivity index (χ3n) is 5.55. The van der Waals surface area contributed by atoms with Crippen LogP contribution in [0.15, 0.2) is 30.0 Å². The van der Waals surface area contributed by atoms with Gasteiger partial charge < -0.3 is 0 Å². The highest BCUT2D eigenvalue weighted by Crippen LogP contribution is 2.38. The lowest BCUT2D eigenvalue weighted by Gasteiger charge is -2.40. The van der Waals surface area contributed by atoms with Gasteiger partial charge in [0.25, 0.3) is 0 Å². The first kappa shape index (κ1) is 16.2. The summed E-state index contributed by atoms with van der Waals surface area (Å²) in [5.74, 6) is 0.779. The normalized spacial score (nSPS) is 28.5. The maximum absolute atomic E-state index is 4.46. The first-order valence-corrected chi connectivity index (χ1v) is 9.94. The molecule has 0 saturated carbocycles. The minimum Gasteiger partial charge on any atom is -0.296 e. The number of fused-ring (bicyclic) bond motifs is 1. The van der Waals surface area contributed by atoms with E-state index >= 15 is 0 Å². The SMILES string of the molecule is CC(C)N1[C@@H](Cn2cccn2)C[C@H]2CN(Cc3nccs3)CC[C@H]21. The first-order valence-electron chi connectivity index (χ1n) is 9.06. The number of likely N-dealkylation sites (tertiary alicyclic amines) is 2. The van der Waals surface area contributed by atoms with Crippen molar-refractivity contribution in [1.82, 2.24) is 24.6 Å². The average molecular weight is 346 g/mol. The van der Waals surface area contributed by atoms with Gasteiger partial charge in [0, 0.05) is 55.2 Å². The van der Waals surface area contributed by atoms with Gasteiger partial charge in [-0.15, -0.1) is 11.3 Å². The molecule has 130 valence electrons. The van der Waals surface area contributed by atoms with Crippen LogP contribution < -0.4 is 0 Å². The zero-order valence-corrected chi connectivity index (χ0v) is 15.4. The lowest BCUT2D eigenvalue weighted by atomic mass is 9.92. The van der Waals surface area contributed by atoms with Gasteiger partial charge in [-0.25, -0.2) is 4.98 Å². The van der Waals surface area contributed by atoms with Gasteiger partial charge in [-0.1, -0.05) is 0 Å². The molecule has 4 heterocycles. The summed E-state index contributed by atoms with van der Waals surface area (Å²) < 4.78 is 2.10. The molecule has 6 heteroatoms. The van der Waals surface area contributed by atoms with Crippen LogP contribution in [0.25, 0.3) is 0 Å². The molecule has 0 aliphatic carbocycles. The summed E-state index contributed by atoms with van der Waals surface area (Å²) >= 11 is 1.78. The summed E-state index contributed by atoms with van der Waals surface area (Å²) in [6, 6.07) is 3.97. The van der Waals surface area contributed by atoms with Gasteiger partial charge in [0.1, 0.15) is 5.01 Å². The lowest BCUT2D eigenvalue weighted by molar-refractivity contribution is 0.0718. The molecule has 2 aromatic rings. The Morgan fingerprint density at radius 3 is 2.96 bits per heavy atom. The van der Waals surface area contributed by atoms with Crippen LogP contribution in [0.5, 0.6) is 0 Å². The second-order valence-electron chi connectivity index (χ2n) is 7.44. The minimum absolute atomic E-state index is 0.603. The highest BCUT2D eigenvalue weighted by atomic mass is 32.1. The number of nitrogens with zero attached hydrogens (tertiary/aromatic N) is 5. The van der Waals surface area contributed by atoms with E-state index in [-0.39, 0.29) is 0 Å². The molecule has 5 nitrogen and oxygen atoms in total. The molecule has 2 saturated heterocycles. The Hall–Kier alpha value is -1.24. The van der Waals surface area contributed by atoms with Crippen molar-refractivity contribution in [1.29, 1.82) is 0 Å². The molecule has 0 radical (unpaired) electrons. The Kier molecular flexibility index (Phi) is 4.70. The summed E-state index contributed by atoms with van der Waals surface area (Å²) in [6.07, 6.45) is 8.47. The van der Waals surface area contributed by atoms with Crippen LogP contribution in [0, 0.1) is 5.92 Å². The largest absolute Gasteiger partial charge is 0.296 e. The summed E-state index contributed by atoms with van der Waals surface area (Å²) in [5.41, 5.74) is 0. The molecule has 2 aliphatic rings. The smallest absolute Gasteiger partial charge is 0.107 e. The Morgan fingerprint density at radius 1 is 1.33 bits per heavy atom. The van der Waals surface area contributed by atoms with Crippen LogP contribution in [0.1, 0.15) is 31.7 Å². The predicted molar refractivity (Wildman–Crippen MR) is 96.9 cm³/mol. The third kappa shape index (κ3) is 3.27. The molecule has 0 N–H and O–H groups in total. The van der Waals surface area contributed by atoms with Crippen LogP contribution in [-0.2, 0) is 13.1 Å². The summed E-state index contributed by atoms with van der Waals surface area (Å²) in [4.78, 5) is 9.84. The van der Waals surface area contributed by atoms with E-state index in [0.717, 1.165) is 25.0 Å². The Morgan fingerprint density at radius 2 is 2.25 bits per heavy atom. The maximum Gasteiger partial charge on any atom is 0.107 e. The average Bonchev–Trinajstić information content (AvgIpc) is 3.27. The number of rotatable bonds is 5. The fourth-order valence-corrected chi connectivity index (χ4v) is 5.38. The fourth-order valence-electron chi connectivity index (χ4n) is 4.72. The van der Waals surface area contributed by atoms with Crippen LogP contribution in [0.2, 0.25) is 0 Å². The Labute approximate surface area is 148 Å². The number of thiazole rings is 1. The van der Waals surface area contributed by atoms with Gasteiger partial charge >= 0.3 is 0 Å². The van der Waals surface area contributed by atoms with Crippen molar-refractivity contribution in [2.45, 2.75) is 57.9 Å². The molecule has 4 rings (SSSR count). The van der Waals surface area contributed by atoms with E-state index in [2.05, 4.69) is 50.0 Å². The van der Waals surface area contributed by atoms with Crippen molar-refractivity contribution in [2.24, 2.45) is 5.92 Å². The van der Waals surface area contributed by atoms with Gasteiger partial charge in [-0.3, -0.25) is 14.5 Å². The number of aromatic nitrogens is 3. The summed E-state index contributed by atoms with van der Waals surface area (Å²) in [6.45, 7) is 9.14. The van der Waals surface area contributed by atoms with Crippen molar-refractivity contribution in [2.75, 3.05) is 13.1 Å². The van der Waals surface area contributed by atoms with E-state index in [1.165, 1.54) is 30.9 Å². The molecular formula is C18H27N5S. The van der Waals surface area contributed by atoms with Crippen molar-refractivity contribution in [3.05, 3.63) is 35.0 Å². The van der Waals surface area contributed by atoms with E-state index < -0.39 is 0 Å². The van der Waals surface area contributed by atoms with Crippen LogP contribution in [0.3, 0.4) is 0 Å². The maximum atomic E-state index is 4.46. The molecule has 0 spiro atoms. The van der Waals surface area contributed by atoms with Gasteiger partial charge in [0.15, 0.2) is 0 Å². The van der Waals surface area contributed by atoms with Crippen LogP contribution >= 0.6 is 11.3 Å². The van der Waals surface area contributed by atoms with E-state index in [4.69, 9.17) is 0 Å². The van der Waals surface area contributed by atoms with Crippen LogP contribution in [0.4, 0.5) is 0 Å². The molecule has 24 heavy (non-hydrogen) atoms. The zero-order chi connectivity index (χ0) is 16.5. The van der Waals surface area contributed by atoms with E-state index in [0.29, 0.717) is 12.1 Å². The quantitative estimate of drug-likeness (QED) is 0.835. The topological polar surface area (TPSA) is 37.2 Å². The summed E-state index contributed by atoms with van der Waals surface area (Å²) in [7, 11) is 0. The Bertz CT molecular complexity index is 624. The zero-order valence-electron chi connectivity index (χ0n) is 14.6. The molecule has 2 aromatic heterocycles.